The van der Waals surface area contributed by atoms with Crippen LogP contribution in [0.5, 0.6) is 11.5 Å². The molecule has 0 fully saturated rings. The third-order valence-corrected chi connectivity index (χ3v) is 2.71. The number of likely N-dealkylation sites (N-methyl/N-ethyl adjacent to an activating group) is 1. The molecule has 102 valence electrons. The SMILES string of the molecule is CCOc1ccccc1OCCN(CC)CCN. The van der Waals surface area contributed by atoms with Gasteiger partial charge in [0.2, 0.25) is 0 Å². The van der Waals surface area contributed by atoms with Crippen molar-refractivity contribution in [2.24, 2.45) is 5.73 Å². The third kappa shape index (κ3) is 4.94. The predicted octanol–water partition coefficient (Wildman–Crippen LogP) is 1.74. The highest BCUT2D eigenvalue weighted by atomic mass is 16.5. The minimum Gasteiger partial charge on any atom is -0.490 e. The van der Waals surface area contributed by atoms with Crippen molar-refractivity contribution in [2.75, 3.05) is 39.4 Å². The quantitative estimate of drug-likeness (QED) is 0.727. The maximum absolute atomic E-state index is 5.76. The Labute approximate surface area is 110 Å². The highest BCUT2D eigenvalue weighted by Crippen LogP contribution is 2.26. The largest absolute Gasteiger partial charge is 0.490 e. The van der Waals surface area contributed by atoms with Crippen LogP contribution in [-0.4, -0.2) is 44.3 Å². The number of ether oxygens (including phenoxy) is 2. The number of nitrogens with two attached hydrogens (primary N) is 1. The first-order valence-corrected chi connectivity index (χ1v) is 6.58. The van der Waals surface area contributed by atoms with Crippen molar-refractivity contribution < 1.29 is 9.47 Å². The van der Waals surface area contributed by atoms with Crippen LogP contribution in [0.3, 0.4) is 0 Å². The molecule has 0 aliphatic heterocycles. The van der Waals surface area contributed by atoms with E-state index in [-0.39, 0.29) is 0 Å². The van der Waals surface area contributed by atoms with E-state index in [9.17, 15) is 0 Å². The fraction of sp³-hybridized carbons (Fsp3) is 0.571. The van der Waals surface area contributed by atoms with Crippen LogP contribution < -0.4 is 15.2 Å². The van der Waals surface area contributed by atoms with Crippen molar-refractivity contribution in [3.63, 3.8) is 0 Å². The summed E-state index contributed by atoms with van der Waals surface area (Å²) in [6.45, 7) is 8.87. The Morgan fingerprint density at radius 1 is 1.06 bits per heavy atom. The van der Waals surface area contributed by atoms with Gasteiger partial charge in [-0.3, -0.25) is 4.90 Å². The van der Waals surface area contributed by atoms with E-state index in [0.29, 0.717) is 19.8 Å². The Bertz CT molecular complexity index is 331. The molecule has 0 aliphatic carbocycles. The zero-order chi connectivity index (χ0) is 13.2. The number of hydrogen-bond donors (Lipinski definition) is 1. The van der Waals surface area contributed by atoms with Gasteiger partial charge in [-0.2, -0.15) is 0 Å². The molecule has 0 aromatic heterocycles. The molecular formula is C14H24N2O2. The van der Waals surface area contributed by atoms with Crippen LogP contribution in [0.15, 0.2) is 24.3 Å². The second kappa shape index (κ2) is 8.78. The molecule has 0 bridgehead atoms. The van der Waals surface area contributed by atoms with Gasteiger partial charge in [0.1, 0.15) is 6.61 Å². The number of rotatable bonds is 9. The van der Waals surface area contributed by atoms with E-state index in [1.807, 2.05) is 31.2 Å². The summed E-state index contributed by atoms with van der Waals surface area (Å²) in [4.78, 5) is 2.27. The van der Waals surface area contributed by atoms with Gasteiger partial charge in [-0.1, -0.05) is 19.1 Å². The molecule has 1 rings (SSSR count). The highest BCUT2D eigenvalue weighted by molar-refractivity contribution is 5.39. The van der Waals surface area contributed by atoms with Crippen LogP contribution in [0, 0.1) is 0 Å². The Balaban J connectivity index is 2.42. The summed E-state index contributed by atoms with van der Waals surface area (Å²) < 4.78 is 11.3. The number of benzene rings is 1. The molecule has 0 unspecified atom stereocenters. The van der Waals surface area contributed by atoms with Crippen LogP contribution in [-0.2, 0) is 0 Å². The minimum absolute atomic E-state index is 0.647. The second-order valence-electron chi connectivity index (χ2n) is 3.95. The lowest BCUT2D eigenvalue weighted by Gasteiger charge is -2.20. The molecule has 4 nitrogen and oxygen atoms in total. The third-order valence-electron chi connectivity index (χ3n) is 2.71. The predicted molar refractivity (Wildman–Crippen MR) is 74.3 cm³/mol. The zero-order valence-corrected chi connectivity index (χ0v) is 11.4. The van der Waals surface area contributed by atoms with Gasteiger partial charge in [-0.05, 0) is 25.6 Å². The van der Waals surface area contributed by atoms with Crippen LogP contribution in [0.4, 0.5) is 0 Å². The number of para-hydroxylation sites is 2. The molecule has 1 aromatic rings. The van der Waals surface area contributed by atoms with Crippen LogP contribution in [0.2, 0.25) is 0 Å². The first-order valence-electron chi connectivity index (χ1n) is 6.58. The monoisotopic (exact) mass is 252 g/mol. The van der Waals surface area contributed by atoms with Gasteiger partial charge in [0.25, 0.3) is 0 Å². The first-order chi connectivity index (χ1) is 8.81. The smallest absolute Gasteiger partial charge is 0.161 e. The van der Waals surface area contributed by atoms with Crippen LogP contribution >= 0.6 is 0 Å². The summed E-state index contributed by atoms with van der Waals surface area (Å²) in [6, 6.07) is 7.76. The van der Waals surface area contributed by atoms with Crippen LogP contribution in [0.1, 0.15) is 13.8 Å². The number of hydrogen-bond acceptors (Lipinski definition) is 4. The minimum atomic E-state index is 0.647. The van der Waals surface area contributed by atoms with Gasteiger partial charge < -0.3 is 15.2 Å². The fourth-order valence-corrected chi connectivity index (χ4v) is 1.74. The summed E-state index contributed by atoms with van der Waals surface area (Å²) in [6.07, 6.45) is 0. The van der Waals surface area contributed by atoms with Crippen molar-refractivity contribution in [3.05, 3.63) is 24.3 Å². The Morgan fingerprint density at radius 3 is 2.28 bits per heavy atom. The molecule has 0 spiro atoms. The summed E-state index contributed by atoms with van der Waals surface area (Å²) in [5, 5.41) is 0. The molecule has 0 heterocycles. The molecule has 0 atom stereocenters. The Morgan fingerprint density at radius 2 is 1.72 bits per heavy atom. The van der Waals surface area contributed by atoms with Gasteiger partial charge in [0, 0.05) is 19.6 Å². The molecule has 0 amide bonds. The molecule has 0 aliphatic rings. The molecule has 18 heavy (non-hydrogen) atoms. The van der Waals surface area contributed by atoms with Gasteiger partial charge in [0.15, 0.2) is 11.5 Å². The summed E-state index contributed by atoms with van der Waals surface area (Å²) >= 11 is 0. The van der Waals surface area contributed by atoms with E-state index in [1.54, 1.807) is 0 Å². The lowest BCUT2D eigenvalue weighted by atomic mass is 10.3. The van der Waals surface area contributed by atoms with E-state index in [0.717, 1.165) is 31.1 Å². The Kier molecular flexibility index (Phi) is 7.22. The van der Waals surface area contributed by atoms with Crippen molar-refractivity contribution in [3.8, 4) is 11.5 Å². The molecule has 1 aromatic carbocycles. The summed E-state index contributed by atoms with van der Waals surface area (Å²) in [7, 11) is 0. The molecule has 0 radical (unpaired) electrons. The average molecular weight is 252 g/mol. The summed E-state index contributed by atoms with van der Waals surface area (Å²) in [5.74, 6) is 1.62. The fourth-order valence-electron chi connectivity index (χ4n) is 1.74. The lowest BCUT2D eigenvalue weighted by Crippen LogP contribution is -2.32. The van der Waals surface area contributed by atoms with Crippen molar-refractivity contribution in [2.45, 2.75) is 13.8 Å². The van der Waals surface area contributed by atoms with Gasteiger partial charge in [0.05, 0.1) is 6.61 Å². The average Bonchev–Trinajstić information content (AvgIpc) is 2.40. The molecule has 2 N–H and O–H groups in total. The second-order valence-corrected chi connectivity index (χ2v) is 3.95. The van der Waals surface area contributed by atoms with Crippen molar-refractivity contribution in [1.82, 2.24) is 4.90 Å². The lowest BCUT2D eigenvalue weighted by molar-refractivity contribution is 0.211. The maximum atomic E-state index is 5.76. The Hall–Kier alpha value is -1.26. The zero-order valence-electron chi connectivity index (χ0n) is 11.4. The topological polar surface area (TPSA) is 47.7 Å². The van der Waals surface area contributed by atoms with Crippen LogP contribution in [0.25, 0.3) is 0 Å². The maximum Gasteiger partial charge on any atom is 0.161 e. The van der Waals surface area contributed by atoms with Gasteiger partial charge in [-0.25, -0.2) is 0 Å². The van der Waals surface area contributed by atoms with E-state index in [1.165, 1.54) is 0 Å². The highest BCUT2D eigenvalue weighted by Gasteiger charge is 2.05. The van der Waals surface area contributed by atoms with E-state index >= 15 is 0 Å². The normalized spacial score (nSPS) is 10.7. The van der Waals surface area contributed by atoms with E-state index in [4.69, 9.17) is 15.2 Å². The van der Waals surface area contributed by atoms with Gasteiger partial charge >= 0.3 is 0 Å². The van der Waals surface area contributed by atoms with Crippen molar-refractivity contribution >= 4 is 0 Å². The molecule has 4 heteroatoms. The first kappa shape index (κ1) is 14.8. The summed E-state index contributed by atoms with van der Waals surface area (Å²) in [5.41, 5.74) is 5.55. The molecule has 0 saturated carbocycles. The van der Waals surface area contributed by atoms with E-state index < -0.39 is 0 Å². The molecular weight excluding hydrogens is 228 g/mol. The molecule has 0 saturated heterocycles. The number of nitrogens with zero attached hydrogens (tertiary/aromatic N) is 1. The van der Waals surface area contributed by atoms with Crippen molar-refractivity contribution in [1.29, 1.82) is 0 Å². The standard InChI is InChI=1S/C14H24N2O2/c1-3-16(10-9-15)11-12-18-14-8-6-5-7-13(14)17-4-2/h5-8H,3-4,9-12,15H2,1-2H3. The van der Waals surface area contributed by atoms with Gasteiger partial charge in [-0.15, -0.1) is 0 Å². The van der Waals surface area contributed by atoms with E-state index in [2.05, 4.69) is 11.8 Å².